The van der Waals surface area contributed by atoms with E-state index in [1.807, 2.05) is 0 Å². The molecule has 0 bridgehead atoms. The predicted octanol–water partition coefficient (Wildman–Crippen LogP) is 6.04. The molecule has 0 saturated heterocycles. The molecule has 0 aromatic heterocycles. The van der Waals surface area contributed by atoms with Crippen LogP contribution in [0.2, 0.25) is 0 Å². The van der Waals surface area contributed by atoms with Crippen LogP contribution in [-0.2, 0) is 0 Å². The summed E-state index contributed by atoms with van der Waals surface area (Å²) in [5.74, 6) is 1.04. The SMILES string of the molecule is CCCNCCCCCCCCCNCCCNCC1(C2CCCCC2)CCC1. The predicted molar refractivity (Wildman–Crippen MR) is 129 cm³/mol. The maximum Gasteiger partial charge on any atom is 0.00105 e. The zero-order chi connectivity index (χ0) is 20.5. The van der Waals surface area contributed by atoms with Crippen LogP contribution in [0.1, 0.15) is 116 Å². The molecule has 29 heavy (non-hydrogen) atoms. The van der Waals surface area contributed by atoms with E-state index in [4.69, 9.17) is 0 Å². The van der Waals surface area contributed by atoms with E-state index in [1.54, 1.807) is 0 Å². The van der Waals surface area contributed by atoms with E-state index in [0.717, 1.165) is 5.92 Å². The molecular weight excluding hydrogens is 354 g/mol. The largest absolute Gasteiger partial charge is 0.317 e. The summed E-state index contributed by atoms with van der Waals surface area (Å²) in [4.78, 5) is 0. The van der Waals surface area contributed by atoms with Gasteiger partial charge in [-0.15, -0.1) is 0 Å². The van der Waals surface area contributed by atoms with E-state index in [-0.39, 0.29) is 0 Å². The van der Waals surface area contributed by atoms with Crippen LogP contribution in [0.4, 0.5) is 0 Å². The Morgan fingerprint density at radius 3 is 1.72 bits per heavy atom. The van der Waals surface area contributed by atoms with Crippen molar-refractivity contribution in [3.05, 3.63) is 0 Å². The summed E-state index contributed by atoms with van der Waals surface area (Å²) >= 11 is 0. The van der Waals surface area contributed by atoms with Gasteiger partial charge in [-0.3, -0.25) is 0 Å². The zero-order valence-electron chi connectivity index (χ0n) is 19.8. The van der Waals surface area contributed by atoms with Gasteiger partial charge in [0.05, 0.1) is 0 Å². The van der Waals surface area contributed by atoms with E-state index in [2.05, 4.69) is 22.9 Å². The van der Waals surface area contributed by atoms with Crippen LogP contribution in [0.3, 0.4) is 0 Å². The summed E-state index contributed by atoms with van der Waals surface area (Å²) in [5.41, 5.74) is 0.694. The Morgan fingerprint density at radius 1 is 0.586 bits per heavy atom. The minimum absolute atomic E-state index is 0.694. The van der Waals surface area contributed by atoms with E-state index < -0.39 is 0 Å². The molecule has 2 aliphatic rings. The standard InChI is InChI=1S/C26H53N3/c1-2-19-27-20-11-6-4-3-5-7-12-21-28-22-14-23-29-24-26(17-13-18-26)25-15-9-8-10-16-25/h25,27-29H,2-24H2,1H3. The molecule has 2 saturated carbocycles. The molecule has 3 N–H and O–H groups in total. The van der Waals surface area contributed by atoms with E-state index in [0.29, 0.717) is 5.41 Å². The first-order valence-electron chi connectivity index (χ1n) is 13.5. The van der Waals surface area contributed by atoms with Crippen molar-refractivity contribution in [3.63, 3.8) is 0 Å². The second-order valence-electron chi connectivity index (χ2n) is 10.1. The van der Waals surface area contributed by atoms with Gasteiger partial charge in [-0.1, -0.05) is 64.7 Å². The van der Waals surface area contributed by atoms with Crippen molar-refractivity contribution in [1.29, 1.82) is 0 Å². The minimum atomic E-state index is 0.694. The Morgan fingerprint density at radius 2 is 1.14 bits per heavy atom. The maximum absolute atomic E-state index is 3.83. The van der Waals surface area contributed by atoms with Gasteiger partial charge in [-0.2, -0.15) is 0 Å². The molecule has 0 heterocycles. The Bertz CT molecular complexity index is 361. The number of unbranched alkanes of at least 4 members (excludes halogenated alkanes) is 6. The number of hydrogen-bond donors (Lipinski definition) is 3. The number of nitrogens with one attached hydrogen (secondary N) is 3. The Kier molecular flexibility index (Phi) is 14.4. The smallest absolute Gasteiger partial charge is 0.00105 e. The van der Waals surface area contributed by atoms with Gasteiger partial charge >= 0.3 is 0 Å². The average Bonchev–Trinajstić information content (AvgIpc) is 2.72. The molecule has 172 valence electrons. The van der Waals surface area contributed by atoms with Crippen LogP contribution in [0.5, 0.6) is 0 Å². The summed E-state index contributed by atoms with van der Waals surface area (Å²) in [7, 11) is 0. The van der Waals surface area contributed by atoms with Crippen molar-refractivity contribution in [2.75, 3.05) is 39.3 Å². The van der Waals surface area contributed by atoms with Crippen molar-refractivity contribution >= 4 is 0 Å². The monoisotopic (exact) mass is 407 g/mol. The second-order valence-corrected chi connectivity index (χ2v) is 10.1. The highest BCUT2D eigenvalue weighted by Crippen LogP contribution is 2.51. The van der Waals surface area contributed by atoms with Crippen LogP contribution in [-0.4, -0.2) is 39.3 Å². The van der Waals surface area contributed by atoms with Gasteiger partial charge in [-0.05, 0) is 95.4 Å². The van der Waals surface area contributed by atoms with Crippen LogP contribution < -0.4 is 16.0 Å². The highest BCUT2D eigenvalue weighted by molar-refractivity contribution is 4.95. The summed E-state index contributed by atoms with van der Waals surface area (Å²) in [6, 6.07) is 0. The second kappa shape index (κ2) is 16.6. The molecule has 0 spiro atoms. The first kappa shape index (κ1) is 25.1. The van der Waals surface area contributed by atoms with E-state index in [1.165, 1.54) is 148 Å². The lowest BCUT2D eigenvalue weighted by atomic mass is 9.57. The highest BCUT2D eigenvalue weighted by atomic mass is 14.9. The van der Waals surface area contributed by atoms with Gasteiger partial charge in [0.1, 0.15) is 0 Å². The molecule has 0 aromatic carbocycles. The third kappa shape index (κ3) is 10.6. The molecule has 0 radical (unpaired) electrons. The first-order valence-corrected chi connectivity index (χ1v) is 13.5. The van der Waals surface area contributed by atoms with Crippen molar-refractivity contribution in [2.24, 2.45) is 11.3 Å². The van der Waals surface area contributed by atoms with Gasteiger partial charge in [0.2, 0.25) is 0 Å². The van der Waals surface area contributed by atoms with Crippen LogP contribution >= 0.6 is 0 Å². The quantitative estimate of drug-likeness (QED) is 0.229. The molecule has 0 unspecified atom stereocenters. The van der Waals surface area contributed by atoms with Crippen LogP contribution in [0.15, 0.2) is 0 Å². The first-order chi connectivity index (χ1) is 14.4. The van der Waals surface area contributed by atoms with Gasteiger partial charge in [0.15, 0.2) is 0 Å². The number of rotatable bonds is 19. The summed E-state index contributed by atoms with van der Waals surface area (Å²) in [5, 5.41) is 11.0. The van der Waals surface area contributed by atoms with Gasteiger partial charge < -0.3 is 16.0 Å². The highest BCUT2D eigenvalue weighted by Gasteiger charge is 2.43. The van der Waals surface area contributed by atoms with Crippen molar-refractivity contribution in [2.45, 2.75) is 116 Å². The molecule has 3 nitrogen and oxygen atoms in total. The normalized spacial score (nSPS) is 19.3. The van der Waals surface area contributed by atoms with E-state index >= 15 is 0 Å². The lowest BCUT2D eigenvalue weighted by Gasteiger charge is -2.49. The van der Waals surface area contributed by atoms with Crippen molar-refractivity contribution in [1.82, 2.24) is 16.0 Å². The fraction of sp³-hybridized carbons (Fsp3) is 1.00. The molecule has 0 atom stereocenters. The number of hydrogen-bond acceptors (Lipinski definition) is 3. The summed E-state index contributed by atoms with van der Waals surface area (Å²) in [6.45, 7) is 9.54. The van der Waals surface area contributed by atoms with E-state index in [9.17, 15) is 0 Å². The summed E-state index contributed by atoms with van der Waals surface area (Å²) < 4.78 is 0. The minimum Gasteiger partial charge on any atom is -0.317 e. The Labute approximate surface area is 183 Å². The molecule has 0 aromatic rings. The Hall–Kier alpha value is -0.120. The lowest BCUT2D eigenvalue weighted by Crippen LogP contribution is -2.46. The van der Waals surface area contributed by atoms with Crippen LogP contribution in [0.25, 0.3) is 0 Å². The molecule has 2 fully saturated rings. The topological polar surface area (TPSA) is 36.1 Å². The molecule has 0 amide bonds. The van der Waals surface area contributed by atoms with Gasteiger partial charge in [0, 0.05) is 6.54 Å². The van der Waals surface area contributed by atoms with Gasteiger partial charge in [-0.25, -0.2) is 0 Å². The van der Waals surface area contributed by atoms with Crippen molar-refractivity contribution in [3.8, 4) is 0 Å². The van der Waals surface area contributed by atoms with Crippen LogP contribution in [0, 0.1) is 11.3 Å². The zero-order valence-corrected chi connectivity index (χ0v) is 19.8. The Balaban J connectivity index is 1.30. The average molecular weight is 408 g/mol. The third-order valence-corrected chi connectivity index (χ3v) is 7.64. The lowest BCUT2D eigenvalue weighted by molar-refractivity contribution is 0.0263. The molecule has 3 heteroatoms. The maximum atomic E-state index is 3.83. The molecule has 0 aliphatic heterocycles. The fourth-order valence-electron chi connectivity index (χ4n) is 5.56. The molecule has 2 aliphatic carbocycles. The third-order valence-electron chi connectivity index (χ3n) is 7.64. The van der Waals surface area contributed by atoms with Gasteiger partial charge in [0.25, 0.3) is 0 Å². The molecular formula is C26H53N3. The fourth-order valence-corrected chi connectivity index (χ4v) is 5.56. The van der Waals surface area contributed by atoms with Crippen molar-refractivity contribution < 1.29 is 0 Å². The summed E-state index contributed by atoms with van der Waals surface area (Å²) in [6.07, 6.45) is 24.3. The molecule has 2 rings (SSSR count).